The van der Waals surface area contributed by atoms with Crippen molar-refractivity contribution in [2.45, 2.75) is 45.6 Å². The molecule has 1 saturated carbocycles. The minimum atomic E-state index is -1.69. The summed E-state index contributed by atoms with van der Waals surface area (Å²) in [4.78, 5) is 23.5. The standard InChI is InChI=1S/C17H18F3NO4/c1-3-9-10(4-2)16(15(20)14(19)13(9)18)21(8-5-6-8)11(17(24)25)7-12(22)23/h7-8H,3-6H2,1-2H3,(H,22,23)(H,24,25)/b11-7-. The zero-order valence-electron chi connectivity index (χ0n) is 13.8. The number of rotatable bonds is 7. The Hall–Kier alpha value is -2.51. The number of hydrogen-bond donors (Lipinski definition) is 2. The highest BCUT2D eigenvalue weighted by Gasteiger charge is 2.39. The van der Waals surface area contributed by atoms with Crippen molar-refractivity contribution in [2.75, 3.05) is 4.90 Å². The van der Waals surface area contributed by atoms with Gasteiger partial charge in [0.05, 0.1) is 11.8 Å². The van der Waals surface area contributed by atoms with Gasteiger partial charge in [0.1, 0.15) is 5.70 Å². The van der Waals surface area contributed by atoms with E-state index in [4.69, 9.17) is 5.11 Å². The number of carboxylic acids is 2. The molecular weight excluding hydrogens is 339 g/mol. The normalized spacial score (nSPS) is 14.5. The summed E-state index contributed by atoms with van der Waals surface area (Å²) in [5, 5.41) is 18.3. The second-order valence-corrected chi connectivity index (χ2v) is 5.73. The van der Waals surface area contributed by atoms with Crippen LogP contribution in [0.5, 0.6) is 0 Å². The summed E-state index contributed by atoms with van der Waals surface area (Å²) in [5.41, 5.74) is -0.974. The zero-order valence-corrected chi connectivity index (χ0v) is 13.8. The van der Waals surface area contributed by atoms with E-state index in [1.807, 2.05) is 0 Å². The maximum atomic E-state index is 14.6. The molecule has 1 aromatic rings. The Labute approximate surface area is 142 Å². The topological polar surface area (TPSA) is 77.8 Å². The Morgan fingerprint density at radius 1 is 1.04 bits per heavy atom. The van der Waals surface area contributed by atoms with E-state index >= 15 is 0 Å². The highest BCUT2D eigenvalue weighted by molar-refractivity contribution is 5.98. The van der Waals surface area contributed by atoms with Crippen molar-refractivity contribution in [3.8, 4) is 0 Å². The molecule has 5 nitrogen and oxygen atoms in total. The predicted molar refractivity (Wildman–Crippen MR) is 83.9 cm³/mol. The molecule has 0 saturated heterocycles. The van der Waals surface area contributed by atoms with E-state index in [9.17, 15) is 27.9 Å². The van der Waals surface area contributed by atoms with E-state index < -0.39 is 46.8 Å². The lowest BCUT2D eigenvalue weighted by molar-refractivity contribution is -0.135. The van der Waals surface area contributed by atoms with Crippen LogP contribution in [0.15, 0.2) is 11.8 Å². The van der Waals surface area contributed by atoms with Crippen molar-refractivity contribution >= 4 is 17.6 Å². The summed E-state index contributed by atoms with van der Waals surface area (Å²) in [6.07, 6.45) is 1.64. The SMILES string of the molecule is CCc1c(F)c(F)c(F)c(N(/C(=C\C(=O)O)C(=O)O)C2CC2)c1CC. The van der Waals surface area contributed by atoms with Crippen LogP contribution in [0.4, 0.5) is 18.9 Å². The minimum Gasteiger partial charge on any atom is -0.478 e. The molecule has 2 N–H and O–H groups in total. The van der Waals surface area contributed by atoms with Crippen molar-refractivity contribution in [1.29, 1.82) is 0 Å². The zero-order chi connectivity index (χ0) is 18.9. The van der Waals surface area contributed by atoms with Crippen LogP contribution in [0.3, 0.4) is 0 Å². The lowest BCUT2D eigenvalue weighted by Crippen LogP contribution is -2.33. The van der Waals surface area contributed by atoms with Gasteiger partial charge in [0.2, 0.25) is 0 Å². The van der Waals surface area contributed by atoms with Gasteiger partial charge < -0.3 is 15.1 Å². The number of carboxylic acid groups (broad SMARTS) is 2. The summed E-state index contributed by atoms with van der Waals surface area (Å²) in [7, 11) is 0. The Morgan fingerprint density at radius 3 is 2.00 bits per heavy atom. The molecular formula is C17H18F3NO4. The smallest absolute Gasteiger partial charge is 0.352 e. The summed E-state index contributed by atoms with van der Waals surface area (Å²) in [6.45, 7) is 3.19. The van der Waals surface area contributed by atoms with E-state index in [1.54, 1.807) is 13.8 Å². The van der Waals surface area contributed by atoms with Crippen molar-refractivity contribution in [1.82, 2.24) is 0 Å². The van der Waals surface area contributed by atoms with Gasteiger partial charge in [-0.15, -0.1) is 0 Å². The molecule has 1 aliphatic carbocycles. The molecule has 1 aromatic carbocycles. The second kappa shape index (κ2) is 7.16. The largest absolute Gasteiger partial charge is 0.478 e. The van der Waals surface area contributed by atoms with Gasteiger partial charge in [0.25, 0.3) is 0 Å². The summed E-state index contributed by atoms with van der Waals surface area (Å²) >= 11 is 0. The van der Waals surface area contributed by atoms with Crippen molar-refractivity contribution < 1.29 is 33.0 Å². The van der Waals surface area contributed by atoms with Crippen molar-refractivity contribution in [2.24, 2.45) is 0 Å². The lowest BCUT2D eigenvalue weighted by atomic mass is 9.97. The second-order valence-electron chi connectivity index (χ2n) is 5.73. The summed E-state index contributed by atoms with van der Waals surface area (Å²) in [6, 6.07) is -0.476. The number of anilines is 1. The van der Waals surface area contributed by atoms with Crippen LogP contribution in [0.25, 0.3) is 0 Å². The highest BCUT2D eigenvalue weighted by atomic mass is 19.2. The number of hydrogen-bond acceptors (Lipinski definition) is 3. The van der Waals surface area contributed by atoms with Crippen LogP contribution in [-0.2, 0) is 22.4 Å². The van der Waals surface area contributed by atoms with E-state index in [0.717, 1.165) is 4.90 Å². The van der Waals surface area contributed by atoms with Gasteiger partial charge in [-0.3, -0.25) is 0 Å². The van der Waals surface area contributed by atoms with Gasteiger partial charge >= 0.3 is 11.9 Å². The molecule has 0 aromatic heterocycles. The monoisotopic (exact) mass is 357 g/mol. The number of aliphatic carboxylic acids is 2. The first-order valence-corrected chi connectivity index (χ1v) is 7.89. The molecule has 0 spiro atoms. The molecule has 0 heterocycles. The summed E-state index contributed by atoms with van der Waals surface area (Å²) < 4.78 is 42.7. The first kappa shape index (κ1) is 18.8. The van der Waals surface area contributed by atoms with Crippen LogP contribution < -0.4 is 4.90 Å². The Balaban J connectivity index is 2.81. The Kier molecular flexibility index (Phi) is 5.39. The average molecular weight is 357 g/mol. The minimum absolute atomic E-state index is 0.0397. The number of halogens is 3. The average Bonchev–Trinajstić information content (AvgIpc) is 3.37. The fraction of sp³-hybridized carbons (Fsp3) is 0.412. The first-order chi connectivity index (χ1) is 11.7. The fourth-order valence-corrected chi connectivity index (χ4v) is 2.92. The van der Waals surface area contributed by atoms with E-state index in [1.165, 1.54) is 0 Å². The first-order valence-electron chi connectivity index (χ1n) is 7.89. The van der Waals surface area contributed by atoms with Crippen LogP contribution >= 0.6 is 0 Å². The molecule has 25 heavy (non-hydrogen) atoms. The van der Waals surface area contributed by atoms with Gasteiger partial charge in [-0.25, -0.2) is 22.8 Å². The molecule has 0 aliphatic heterocycles. The molecule has 0 unspecified atom stereocenters. The molecule has 8 heteroatoms. The Morgan fingerprint density at radius 2 is 1.60 bits per heavy atom. The van der Waals surface area contributed by atoms with Gasteiger partial charge in [0, 0.05) is 6.04 Å². The Bertz CT molecular complexity index is 757. The third-order valence-corrected chi connectivity index (χ3v) is 4.11. The van der Waals surface area contributed by atoms with Crippen molar-refractivity contribution in [3.05, 3.63) is 40.4 Å². The third-order valence-electron chi connectivity index (χ3n) is 4.11. The van der Waals surface area contributed by atoms with Crippen LogP contribution in [0, 0.1) is 17.5 Å². The predicted octanol–water partition coefficient (Wildman–Crippen LogP) is 3.25. The van der Waals surface area contributed by atoms with Crippen molar-refractivity contribution in [3.63, 3.8) is 0 Å². The van der Waals surface area contributed by atoms with Gasteiger partial charge in [-0.1, -0.05) is 13.8 Å². The molecule has 1 aliphatic rings. The molecule has 0 atom stereocenters. The van der Waals surface area contributed by atoms with Crippen LogP contribution in [0.2, 0.25) is 0 Å². The number of benzene rings is 1. The van der Waals surface area contributed by atoms with Gasteiger partial charge in [-0.05, 0) is 36.8 Å². The van der Waals surface area contributed by atoms with E-state index in [-0.39, 0.29) is 24.0 Å². The number of nitrogens with zero attached hydrogens (tertiary/aromatic N) is 1. The molecule has 136 valence electrons. The van der Waals surface area contributed by atoms with E-state index in [0.29, 0.717) is 18.9 Å². The van der Waals surface area contributed by atoms with Gasteiger partial charge in [0.15, 0.2) is 17.5 Å². The third kappa shape index (κ3) is 3.47. The molecule has 2 rings (SSSR count). The molecule has 0 bridgehead atoms. The molecule has 1 fully saturated rings. The maximum Gasteiger partial charge on any atom is 0.352 e. The fourth-order valence-electron chi connectivity index (χ4n) is 2.92. The highest BCUT2D eigenvalue weighted by Crippen LogP contribution is 2.41. The molecule has 0 radical (unpaired) electrons. The van der Waals surface area contributed by atoms with Crippen LogP contribution in [-0.4, -0.2) is 28.2 Å². The molecule has 0 amide bonds. The van der Waals surface area contributed by atoms with E-state index in [2.05, 4.69) is 0 Å². The van der Waals surface area contributed by atoms with Crippen LogP contribution in [0.1, 0.15) is 37.8 Å². The van der Waals surface area contributed by atoms with Gasteiger partial charge in [-0.2, -0.15) is 0 Å². The number of carbonyl (C=O) groups is 2. The lowest BCUT2D eigenvalue weighted by Gasteiger charge is -2.29. The maximum absolute atomic E-state index is 14.6. The quantitative estimate of drug-likeness (QED) is 0.579. The summed E-state index contributed by atoms with van der Waals surface area (Å²) in [5.74, 6) is -7.60.